The van der Waals surface area contributed by atoms with Crippen LogP contribution in [-0.4, -0.2) is 65.1 Å². The molecule has 0 bridgehead atoms. The quantitative estimate of drug-likeness (QED) is 0.456. The monoisotopic (exact) mass is 572 g/mol. The molecule has 2 aliphatic heterocycles. The first-order valence-electron chi connectivity index (χ1n) is 13.6. The minimum absolute atomic E-state index is 0.0717. The second kappa shape index (κ2) is 10.4. The molecule has 39 heavy (non-hydrogen) atoms. The van der Waals surface area contributed by atoms with E-state index in [1.807, 2.05) is 18.2 Å². The number of fused-ring (bicyclic) bond motifs is 1. The molecule has 0 amide bonds. The van der Waals surface area contributed by atoms with Crippen LogP contribution in [-0.2, 0) is 11.8 Å². The van der Waals surface area contributed by atoms with Crippen LogP contribution in [0.15, 0.2) is 40.2 Å². The van der Waals surface area contributed by atoms with Crippen molar-refractivity contribution in [3.8, 4) is 0 Å². The number of ether oxygens (including phenoxy) is 1. The lowest BCUT2D eigenvalue weighted by Gasteiger charge is -2.61. The van der Waals surface area contributed by atoms with Gasteiger partial charge < -0.3 is 24.4 Å². The number of nitrogens with zero attached hydrogens (tertiary/aromatic N) is 5. The average molecular weight is 574 g/mol. The molecule has 0 radical (unpaired) electrons. The number of hydrogen-bond donors (Lipinski definition) is 1. The molecule has 1 N–H and O–H groups in total. The zero-order chi connectivity index (χ0) is 27.3. The summed E-state index contributed by atoms with van der Waals surface area (Å²) in [5.74, 6) is 0. The van der Waals surface area contributed by atoms with Crippen molar-refractivity contribution in [2.24, 2.45) is 12.5 Å². The summed E-state index contributed by atoms with van der Waals surface area (Å²) in [4.78, 5) is 30.1. The van der Waals surface area contributed by atoms with Crippen LogP contribution in [0.25, 0.3) is 10.8 Å². The van der Waals surface area contributed by atoms with Crippen molar-refractivity contribution in [2.75, 3.05) is 50.1 Å². The predicted molar refractivity (Wildman–Crippen MR) is 155 cm³/mol. The van der Waals surface area contributed by atoms with Crippen LogP contribution in [0.2, 0.25) is 10.0 Å². The van der Waals surface area contributed by atoms with Gasteiger partial charge in [-0.2, -0.15) is 9.78 Å². The van der Waals surface area contributed by atoms with Crippen molar-refractivity contribution in [2.45, 2.75) is 44.4 Å². The maximum atomic E-state index is 12.7. The third-order valence-corrected chi connectivity index (χ3v) is 9.35. The molecule has 1 aromatic carbocycles. The van der Waals surface area contributed by atoms with E-state index in [1.165, 1.54) is 4.68 Å². The highest BCUT2D eigenvalue weighted by Crippen LogP contribution is 2.51. The normalized spacial score (nSPS) is 21.1. The van der Waals surface area contributed by atoms with E-state index in [0.717, 1.165) is 62.8 Å². The van der Waals surface area contributed by atoms with E-state index in [-0.39, 0.29) is 22.4 Å². The Balaban J connectivity index is 1.01. The average Bonchev–Trinajstić information content (AvgIpc) is 2.89. The smallest absolute Gasteiger partial charge is 0.290 e. The SMILES string of the molecule is CN(c1ccc(Cl)c2c(=O)n(C)ccc12)C1CC2(C1)CN(CCNc1cnn(C3CCCCO3)c(=O)c1Cl)C2. The second-order valence-electron chi connectivity index (χ2n) is 11.3. The Bertz CT molecular complexity index is 1500. The van der Waals surface area contributed by atoms with Gasteiger partial charge in [-0.15, -0.1) is 0 Å². The number of halogens is 2. The van der Waals surface area contributed by atoms with Crippen molar-refractivity contribution < 1.29 is 4.74 Å². The summed E-state index contributed by atoms with van der Waals surface area (Å²) >= 11 is 12.8. The molecule has 4 heterocycles. The second-order valence-corrected chi connectivity index (χ2v) is 12.1. The van der Waals surface area contributed by atoms with Gasteiger partial charge in [0.2, 0.25) is 0 Å². The summed E-state index contributed by atoms with van der Waals surface area (Å²) < 4.78 is 8.61. The van der Waals surface area contributed by atoms with E-state index in [4.69, 9.17) is 27.9 Å². The lowest BCUT2D eigenvalue weighted by Crippen LogP contribution is -2.66. The highest BCUT2D eigenvalue weighted by atomic mass is 35.5. The molecule has 1 aliphatic carbocycles. The number of hydrogen-bond acceptors (Lipinski definition) is 7. The molecule has 1 saturated carbocycles. The fourth-order valence-corrected chi connectivity index (χ4v) is 6.92. The summed E-state index contributed by atoms with van der Waals surface area (Å²) in [5, 5.41) is 9.74. The Kier molecular flexibility index (Phi) is 7.12. The van der Waals surface area contributed by atoms with Crippen LogP contribution < -0.4 is 21.3 Å². The van der Waals surface area contributed by atoms with Crippen LogP contribution in [0.1, 0.15) is 38.3 Å². The van der Waals surface area contributed by atoms with E-state index < -0.39 is 0 Å². The molecule has 2 saturated heterocycles. The van der Waals surface area contributed by atoms with Gasteiger partial charge in [0.1, 0.15) is 5.02 Å². The van der Waals surface area contributed by atoms with Gasteiger partial charge in [0.25, 0.3) is 11.1 Å². The van der Waals surface area contributed by atoms with Crippen molar-refractivity contribution in [3.05, 3.63) is 61.3 Å². The molecule has 11 heteroatoms. The summed E-state index contributed by atoms with van der Waals surface area (Å²) in [7, 11) is 3.86. The fourth-order valence-electron chi connectivity index (χ4n) is 6.47. The summed E-state index contributed by atoms with van der Waals surface area (Å²) in [6.45, 7) is 4.33. The van der Waals surface area contributed by atoms with Gasteiger partial charge in [-0.3, -0.25) is 9.59 Å². The van der Waals surface area contributed by atoms with Gasteiger partial charge in [-0.05, 0) is 55.7 Å². The maximum absolute atomic E-state index is 12.7. The van der Waals surface area contributed by atoms with Gasteiger partial charge in [0, 0.05) is 70.2 Å². The van der Waals surface area contributed by atoms with Crippen molar-refractivity contribution in [3.63, 3.8) is 0 Å². The Morgan fingerprint density at radius 2 is 1.95 bits per heavy atom. The number of anilines is 2. The van der Waals surface area contributed by atoms with E-state index in [0.29, 0.717) is 40.7 Å². The molecule has 1 unspecified atom stereocenters. The summed E-state index contributed by atoms with van der Waals surface area (Å²) in [5.41, 5.74) is 1.60. The van der Waals surface area contributed by atoms with Crippen molar-refractivity contribution in [1.29, 1.82) is 0 Å². The number of benzene rings is 1. The number of aryl methyl sites for hydroxylation is 1. The number of pyridine rings is 1. The Morgan fingerprint density at radius 3 is 2.69 bits per heavy atom. The molecule has 1 spiro atoms. The lowest BCUT2D eigenvalue weighted by atomic mass is 9.60. The van der Waals surface area contributed by atoms with Gasteiger partial charge in [-0.25, -0.2) is 0 Å². The van der Waals surface area contributed by atoms with Gasteiger partial charge in [0.05, 0.1) is 22.3 Å². The predicted octanol–water partition coefficient (Wildman–Crippen LogP) is 4.11. The molecule has 9 nitrogen and oxygen atoms in total. The molecule has 1 atom stereocenters. The molecular weight excluding hydrogens is 539 g/mol. The van der Waals surface area contributed by atoms with Crippen molar-refractivity contribution in [1.82, 2.24) is 19.2 Å². The summed E-state index contributed by atoms with van der Waals surface area (Å²) in [6, 6.07) is 6.27. The maximum Gasteiger partial charge on any atom is 0.290 e. The van der Waals surface area contributed by atoms with Gasteiger partial charge in [0.15, 0.2) is 6.23 Å². The first kappa shape index (κ1) is 26.6. The third kappa shape index (κ3) is 4.84. The van der Waals surface area contributed by atoms with E-state index >= 15 is 0 Å². The number of aromatic nitrogens is 3. The van der Waals surface area contributed by atoms with E-state index in [2.05, 4.69) is 27.3 Å². The van der Waals surface area contributed by atoms with Gasteiger partial charge >= 0.3 is 0 Å². The number of rotatable bonds is 7. The van der Waals surface area contributed by atoms with Gasteiger partial charge in [-0.1, -0.05) is 23.2 Å². The molecule has 3 fully saturated rings. The van der Waals surface area contributed by atoms with Crippen LogP contribution >= 0.6 is 23.2 Å². The Labute approximate surface area is 237 Å². The molecular formula is C28H34Cl2N6O3. The van der Waals surface area contributed by atoms with E-state index in [1.54, 1.807) is 24.0 Å². The highest BCUT2D eigenvalue weighted by molar-refractivity contribution is 6.36. The molecule has 6 rings (SSSR count). The lowest BCUT2D eigenvalue weighted by molar-refractivity contribution is -0.0690. The van der Waals surface area contributed by atoms with Crippen LogP contribution in [0.5, 0.6) is 0 Å². The van der Waals surface area contributed by atoms with E-state index in [9.17, 15) is 9.59 Å². The fraction of sp³-hybridized carbons (Fsp3) is 0.536. The minimum atomic E-state index is -0.328. The number of likely N-dealkylation sites (tertiary alicyclic amines) is 1. The third-order valence-electron chi connectivity index (χ3n) is 8.67. The zero-order valence-corrected chi connectivity index (χ0v) is 23.8. The largest absolute Gasteiger partial charge is 0.381 e. The van der Waals surface area contributed by atoms with Crippen LogP contribution in [0.4, 0.5) is 11.4 Å². The molecule has 2 aromatic heterocycles. The minimum Gasteiger partial charge on any atom is -0.381 e. The molecule has 208 valence electrons. The van der Waals surface area contributed by atoms with Crippen molar-refractivity contribution >= 4 is 45.3 Å². The summed E-state index contributed by atoms with van der Waals surface area (Å²) in [6.07, 6.45) is 8.16. The topological polar surface area (TPSA) is 84.6 Å². The standard InChI is InChI=1S/C28H34Cl2N6O3/c1-33-10-8-19-22(7-6-20(29)24(19)26(33)37)34(2)18-13-28(14-18)16-35(17-28)11-9-31-21-15-32-36(27(38)25(21)30)23-5-3-4-12-39-23/h6-8,10,15,18,23,31H,3-5,9,11-14,16-17H2,1-2H3. The van der Waals surface area contributed by atoms with Crippen LogP contribution in [0, 0.1) is 5.41 Å². The van der Waals surface area contributed by atoms with Crippen LogP contribution in [0.3, 0.4) is 0 Å². The Hall–Kier alpha value is -2.59. The first-order chi connectivity index (χ1) is 18.8. The number of nitrogens with one attached hydrogen (secondary N) is 1. The Morgan fingerprint density at radius 1 is 1.15 bits per heavy atom. The first-order valence-corrected chi connectivity index (χ1v) is 14.4. The zero-order valence-electron chi connectivity index (χ0n) is 22.3. The molecule has 3 aromatic rings. The molecule has 3 aliphatic rings. The highest BCUT2D eigenvalue weighted by Gasteiger charge is 2.53.